The molecule has 0 aromatic carbocycles. The number of amides is 2. The van der Waals surface area contributed by atoms with Crippen LogP contribution in [0.25, 0.3) is 11.0 Å². The van der Waals surface area contributed by atoms with Gasteiger partial charge in [0.15, 0.2) is 5.65 Å². The second-order valence-corrected chi connectivity index (χ2v) is 11.1. The fraction of sp³-hybridized carbons (Fsp3) is 0.692. The summed E-state index contributed by atoms with van der Waals surface area (Å²) in [6, 6.07) is 2.19. The van der Waals surface area contributed by atoms with Crippen LogP contribution < -0.4 is 0 Å². The third-order valence-corrected chi connectivity index (χ3v) is 7.54. The van der Waals surface area contributed by atoms with Crippen molar-refractivity contribution in [1.82, 2.24) is 29.5 Å². The first-order valence-corrected chi connectivity index (χ1v) is 13.0. The molecule has 1 aliphatic carbocycles. The molecule has 1 saturated carbocycles. The Kier molecular flexibility index (Phi) is 6.35. The topological polar surface area (TPSA) is 74.6 Å². The molecule has 2 amide bonds. The smallest absolute Gasteiger partial charge is 0.254 e. The number of rotatable bonds is 5. The summed E-state index contributed by atoms with van der Waals surface area (Å²) >= 11 is 0. The maximum atomic E-state index is 13.6. The Morgan fingerprint density at radius 3 is 2.32 bits per heavy atom. The van der Waals surface area contributed by atoms with E-state index in [2.05, 4.69) is 37.7 Å². The monoisotopic (exact) mass is 466 g/mol. The van der Waals surface area contributed by atoms with Crippen molar-refractivity contribution in [3.63, 3.8) is 0 Å². The number of pyridine rings is 1. The van der Waals surface area contributed by atoms with Crippen LogP contribution in [0, 0.1) is 11.8 Å². The summed E-state index contributed by atoms with van der Waals surface area (Å²) in [5, 5.41) is 5.38. The normalized spacial score (nSPS) is 24.3. The molecule has 0 spiro atoms. The van der Waals surface area contributed by atoms with Crippen LogP contribution in [-0.4, -0.2) is 87.1 Å². The van der Waals surface area contributed by atoms with E-state index in [9.17, 15) is 9.59 Å². The molecule has 4 heterocycles. The Hall–Kier alpha value is -2.48. The fourth-order valence-corrected chi connectivity index (χ4v) is 5.62. The summed E-state index contributed by atoms with van der Waals surface area (Å²) in [5.41, 5.74) is 2.56. The lowest BCUT2D eigenvalue weighted by Gasteiger charge is -2.38. The van der Waals surface area contributed by atoms with Crippen molar-refractivity contribution < 1.29 is 9.59 Å². The molecule has 2 saturated heterocycles. The number of carbonyl (C=O) groups excluding carboxylic acids is 2. The van der Waals surface area contributed by atoms with E-state index in [-0.39, 0.29) is 17.9 Å². The summed E-state index contributed by atoms with van der Waals surface area (Å²) in [5.74, 6) is 1.89. The van der Waals surface area contributed by atoms with Gasteiger partial charge in [0.25, 0.3) is 5.91 Å². The van der Waals surface area contributed by atoms with E-state index in [4.69, 9.17) is 4.98 Å². The van der Waals surface area contributed by atoms with Gasteiger partial charge in [-0.15, -0.1) is 0 Å². The van der Waals surface area contributed by atoms with Gasteiger partial charge in [-0.05, 0) is 51.0 Å². The molecule has 34 heavy (non-hydrogen) atoms. The molecule has 2 atom stereocenters. The predicted molar refractivity (Wildman–Crippen MR) is 132 cm³/mol. The van der Waals surface area contributed by atoms with Crippen LogP contribution in [0.15, 0.2) is 12.3 Å². The van der Waals surface area contributed by atoms with Crippen LogP contribution in [0.3, 0.4) is 0 Å². The van der Waals surface area contributed by atoms with Gasteiger partial charge in [-0.1, -0.05) is 13.8 Å². The predicted octanol–water partition coefficient (Wildman–Crippen LogP) is 3.15. The zero-order chi connectivity index (χ0) is 24.0. The number of nitrogens with zero attached hydrogens (tertiary/aromatic N) is 6. The summed E-state index contributed by atoms with van der Waals surface area (Å²) in [7, 11) is 0. The van der Waals surface area contributed by atoms with Crippen molar-refractivity contribution in [2.75, 3.05) is 45.8 Å². The molecule has 3 fully saturated rings. The van der Waals surface area contributed by atoms with Gasteiger partial charge >= 0.3 is 0 Å². The van der Waals surface area contributed by atoms with E-state index < -0.39 is 0 Å². The minimum absolute atomic E-state index is 0.0577. The van der Waals surface area contributed by atoms with Crippen molar-refractivity contribution in [2.45, 2.75) is 58.9 Å². The van der Waals surface area contributed by atoms with Crippen LogP contribution in [0.4, 0.5) is 0 Å². The van der Waals surface area contributed by atoms with E-state index in [0.717, 1.165) is 61.3 Å². The fourth-order valence-electron chi connectivity index (χ4n) is 5.62. The van der Waals surface area contributed by atoms with Gasteiger partial charge in [0, 0.05) is 56.9 Å². The summed E-state index contributed by atoms with van der Waals surface area (Å²) in [6.45, 7) is 13.6. The second kappa shape index (κ2) is 9.29. The molecule has 184 valence electrons. The molecule has 2 aromatic rings. The summed E-state index contributed by atoms with van der Waals surface area (Å²) in [6.07, 6.45) is 5.28. The van der Waals surface area contributed by atoms with Crippen molar-refractivity contribution in [3.8, 4) is 0 Å². The highest BCUT2D eigenvalue weighted by molar-refractivity contribution is 6.05. The third-order valence-electron chi connectivity index (χ3n) is 7.54. The molecule has 8 heteroatoms. The average Bonchev–Trinajstić information content (AvgIpc) is 3.56. The number of hydrogen-bond acceptors (Lipinski definition) is 5. The number of piperidine rings is 1. The molecular weight excluding hydrogens is 428 g/mol. The number of hydrogen-bond donors (Lipinski definition) is 0. The van der Waals surface area contributed by atoms with Gasteiger partial charge in [0.05, 0.1) is 23.7 Å². The van der Waals surface area contributed by atoms with Gasteiger partial charge in [-0.2, -0.15) is 5.10 Å². The highest BCUT2D eigenvalue weighted by atomic mass is 16.2. The standard InChI is InChI=1S/C26H38N6O2/c1-17(2)32-25-22(13-27-32)21(12-23(28-25)20-5-6-20)26(34)30-9-7-29(8-10-30)16-24(33)31-14-18(3)11-19(4)15-31/h12-13,17-20H,5-11,14-16H2,1-4H3. The molecule has 8 nitrogen and oxygen atoms in total. The van der Waals surface area contributed by atoms with Crippen LogP contribution in [-0.2, 0) is 4.79 Å². The van der Waals surface area contributed by atoms with Crippen molar-refractivity contribution in [2.24, 2.45) is 11.8 Å². The quantitative estimate of drug-likeness (QED) is 0.677. The molecule has 5 rings (SSSR count). The van der Waals surface area contributed by atoms with Crippen LogP contribution in [0.2, 0.25) is 0 Å². The van der Waals surface area contributed by atoms with Crippen LogP contribution >= 0.6 is 0 Å². The highest BCUT2D eigenvalue weighted by Gasteiger charge is 2.31. The molecule has 2 aromatic heterocycles. The van der Waals surface area contributed by atoms with Gasteiger partial charge < -0.3 is 9.80 Å². The molecular formula is C26H38N6O2. The number of piperazine rings is 1. The summed E-state index contributed by atoms with van der Waals surface area (Å²) in [4.78, 5) is 37.6. The number of fused-ring (bicyclic) bond motifs is 1. The first kappa shape index (κ1) is 23.3. The molecule has 3 aliphatic rings. The largest absolute Gasteiger partial charge is 0.341 e. The number of carbonyl (C=O) groups is 2. The number of aromatic nitrogens is 3. The first-order valence-electron chi connectivity index (χ1n) is 13.0. The minimum Gasteiger partial charge on any atom is -0.341 e. The number of likely N-dealkylation sites (tertiary alicyclic amines) is 1. The van der Waals surface area contributed by atoms with Crippen molar-refractivity contribution >= 4 is 22.8 Å². The van der Waals surface area contributed by atoms with Gasteiger partial charge in [-0.25, -0.2) is 9.67 Å². The molecule has 2 unspecified atom stereocenters. The lowest BCUT2D eigenvalue weighted by molar-refractivity contribution is -0.135. The first-order chi connectivity index (χ1) is 16.3. The maximum Gasteiger partial charge on any atom is 0.254 e. The molecule has 0 radical (unpaired) electrons. The maximum absolute atomic E-state index is 13.6. The van der Waals surface area contributed by atoms with Gasteiger partial charge in [0.1, 0.15) is 0 Å². The third kappa shape index (κ3) is 4.69. The lowest BCUT2D eigenvalue weighted by atomic mass is 9.92. The van der Waals surface area contributed by atoms with Crippen molar-refractivity contribution in [1.29, 1.82) is 0 Å². The van der Waals surface area contributed by atoms with E-state index >= 15 is 0 Å². The Balaban J connectivity index is 1.26. The second-order valence-electron chi connectivity index (χ2n) is 11.1. The zero-order valence-electron chi connectivity index (χ0n) is 21.0. The van der Waals surface area contributed by atoms with E-state index in [0.29, 0.717) is 37.4 Å². The highest BCUT2D eigenvalue weighted by Crippen LogP contribution is 2.40. The van der Waals surface area contributed by atoms with Crippen LogP contribution in [0.1, 0.15) is 75.0 Å². The Morgan fingerprint density at radius 1 is 1.03 bits per heavy atom. The van der Waals surface area contributed by atoms with Crippen LogP contribution in [0.5, 0.6) is 0 Å². The van der Waals surface area contributed by atoms with Gasteiger partial charge in [0.2, 0.25) is 5.91 Å². The van der Waals surface area contributed by atoms with E-state index in [1.54, 1.807) is 6.20 Å². The van der Waals surface area contributed by atoms with Gasteiger partial charge in [-0.3, -0.25) is 14.5 Å². The Bertz CT molecular complexity index is 1060. The average molecular weight is 467 g/mol. The minimum atomic E-state index is 0.0577. The SMILES string of the molecule is CC1CC(C)CN(C(=O)CN2CCN(C(=O)c3cc(C4CC4)nc4c3cnn4C(C)C)CC2)C1. The molecule has 0 bridgehead atoms. The van der Waals surface area contributed by atoms with E-state index in [1.165, 1.54) is 6.42 Å². The molecule has 2 aliphatic heterocycles. The Labute approximate surface area is 202 Å². The Morgan fingerprint density at radius 2 is 1.71 bits per heavy atom. The van der Waals surface area contributed by atoms with Crippen molar-refractivity contribution in [3.05, 3.63) is 23.5 Å². The van der Waals surface area contributed by atoms with E-state index in [1.807, 2.05) is 20.5 Å². The summed E-state index contributed by atoms with van der Waals surface area (Å²) < 4.78 is 1.92. The lowest BCUT2D eigenvalue weighted by Crippen LogP contribution is -2.53. The molecule has 0 N–H and O–H groups in total. The zero-order valence-corrected chi connectivity index (χ0v) is 21.0.